The average molecular weight is 362 g/mol. The molecule has 0 bridgehead atoms. The lowest BCUT2D eigenvalue weighted by Gasteiger charge is -2.47. The van der Waals surface area contributed by atoms with Crippen molar-refractivity contribution in [2.45, 2.75) is 37.0 Å². The Balaban J connectivity index is 1.26. The Hall–Kier alpha value is -1.04. The molecule has 3 aliphatic heterocycles. The van der Waals surface area contributed by atoms with Gasteiger partial charge >= 0.3 is 0 Å². The molecule has 1 atom stereocenters. The summed E-state index contributed by atoms with van der Waals surface area (Å²) < 4.78 is 11.8. The molecule has 0 saturated carbocycles. The third-order valence-electron chi connectivity index (χ3n) is 5.70. The molecular formula is C20H27NO3S. The SMILES string of the molecule is Cc1ccccc1C(=O)N1CC2(C[C@@H](OCC3CCOCC3)CS2)C1. The molecule has 25 heavy (non-hydrogen) atoms. The summed E-state index contributed by atoms with van der Waals surface area (Å²) in [4.78, 5) is 14.7. The Kier molecular flexibility index (Phi) is 5.07. The maximum atomic E-state index is 12.7. The number of aryl methyl sites for hydroxylation is 1. The Morgan fingerprint density at radius 1 is 1.32 bits per heavy atom. The predicted molar refractivity (Wildman–Crippen MR) is 100 cm³/mol. The fourth-order valence-electron chi connectivity index (χ4n) is 4.09. The van der Waals surface area contributed by atoms with Crippen LogP contribution < -0.4 is 0 Å². The van der Waals surface area contributed by atoms with Gasteiger partial charge in [0.1, 0.15) is 0 Å². The van der Waals surface area contributed by atoms with Gasteiger partial charge in [-0.25, -0.2) is 0 Å². The van der Waals surface area contributed by atoms with E-state index >= 15 is 0 Å². The average Bonchev–Trinajstić information content (AvgIpc) is 3.04. The van der Waals surface area contributed by atoms with E-state index in [4.69, 9.17) is 9.47 Å². The number of thioether (sulfide) groups is 1. The molecule has 1 spiro atoms. The maximum absolute atomic E-state index is 12.7. The molecule has 4 nitrogen and oxygen atoms in total. The molecule has 0 N–H and O–H groups in total. The highest BCUT2D eigenvalue weighted by molar-refractivity contribution is 8.01. The lowest BCUT2D eigenvalue weighted by Crippen LogP contribution is -2.60. The van der Waals surface area contributed by atoms with Gasteiger partial charge in [0.15, 0.2) is 0 Å². The highest BCUT2D eigenvalue weighted by Crippen LogP contribution is 2.46. The Bertz CT molecular complexity index is 623. The van der Waals surface area contributed by atoms with Gasteiger partial charge in [0.05, 0.1) is 10.9 Å². The highest BCUT2D eigenvalue weighted by atomic mass is 32.2. The highest BCUT2D eigenvalue weighted by Gasteiger charge is 2.51. The third kappa shape index (κ3) is 3.74. The number of nitrogens with zero attached hydrogens (tertiary/aromatic N) is 1. The van der Waals surface area contributed by atoms with Crippen LogP contribution in [0.1, 0.15) is 35.2 Å². The molecule has 1 aromatic rings. The largest absolute Gasteiger partial charge is 0.381 e. The van der Waals surface area contributed by atoms with Gasteiger partial charge in [0.2, 0.25) is 0 Å². The molecule has 0 aromatic heterocycles. The minimum absolute atomic E-state index is 0.177. The standard InChI is InChI=1S/C20H27NO3S/c1-15-4-2-3-5-18(15)19(22)21-13-20(14-21)10-17(12-25-20)24-11-16-6-8-23-9-7-16/h2-5,16-17H,6-14H2,1H3/t17-/m1/s1. The zero-order valence-corrected chi connectivity index (χ0v) is 15.7. The van der Waals surface area contributed by atoms with E-state index in [9.17, 15) is 4.79 Å². The zero-order valence-electron chi connectivity index (χ0n) is 14.9. The van der Waals surface area contributed by atoms with E-state index in [-0.39, 0.29) is 10.7 Å². The Labute approximate surface area is 154 Å². The first-order valence-corrected chi connectivity index (χ1v) is 10.3. The molecule has 3 saturated heterocycles. The van der Waals surface area contributed by atoms with Gasteiger partial charge in [-0.2, -0.15) is 0 Å². The number of amides is 1. The number of rotatable bonds is 4. The molecule has 3 aliphatic rings. The molecular weight excluding hydrogens is 334 g/mol. The van der Waals surface area contributed by atoms with Crippen molar-refractivity contribution in [2.24, 2.45) is 5.92 Å². The number of carbonyl (C=O) groups is 1. The van der Waals surface area contributed by atoms with Crippen molar-refractivity contribution >= 4 is 17.7 Å². The molecule has 3 heterocycles. The Morgan fingerprint density at radius 3 is 2.84 bits per heavy atom. The van der Waals surface area contributed by atoms with Crippen LogP contribution in [0.4, 0.5) is 0 Å². The predicted octanol–water partition coefficient (Wildman–Crippen LogP) is 3.14. The molecule has 1 aromatic carbocycles. The summed E-state index contributed by atoms with van der Waals surface area (Å²) in [7, 11) is 0. The van der Waals surface area contributed by atoms with Crippen LogP contribution in [0.3, 0.4) is 0 Å². The zero-order chi connectivity index (χ0) is 17.3. The summed E-state index contributed by atoms with van der Waals surface area (Å²) >= 11 is 2.00. The minimum Gasteiger partial charge on any atom is -0.381 e. The lowest BCUT2D eigenvalue weighted by molar-refractivity contribution is -0.0118. The molecule has 0 radical (unpaired) electrons. The van der Waals surface area contributed by atoms with E-state index < -0.39 is 0 Å². The topological polar surface area (TPSA) is 38.8 Å². The van der Waals surface area contributed by atoms with Gasteiger partial charge in [0.25, 0.3) is 5.91 Å². The van der Waals surface area contributed by atoms with Gasteiger partial charge in [-0.05, 0) is 43.7 Å². The van der Waals surface area contributed by atoms with Gasteiger partial charge < -0.3 is 14.4 Å². The fourth-order valence-corrected chi connectivity index (χ4v) is 5.64. The number of hydrogen-bond donors (Lipinski definition) is 0. The quantitative estimate of drug-likeness (QED) is 0.826. The summed E-state index contributed by atoms with van der Waals surface area (Å²) in [5.41, 5.74) is 1.90. The van der Waals surface area contributed by atoms with E-state index in [2.05, 4.69) is 0 Å². The van der Waals surface area contributed by atoms with E-state index in [1.165, 1.54) is 0 Å². The number of carbonyl (C=O) groups excluding carboxylic acids is 1. The van der Waals surface area contributed by atoms with Crippen molar-refractivity contribution in [2.75, 3.05) is 38.7 Å². The lowest BCUT2D eigenvalue weighted by atomic mass is 9.91. The second kappa shape index (κ2) is 7.29. The minimum atomic E-state index is 0.177. The van der Waals surface area contributed by atoms with Crippen LogP contribution in [0.5, 0.6) is 0 Å². The molecule has 4 rings (SSSR count). The number of ether oxygens (including phenoxy) is 2. The Morgan fingerprint density at radius 2 is 2.08 bits per heavy atom. The van der Waals surface area contributed by atoms with Crippen LogP contribution >= 0.6 is 11.8 Å². The number of benzene rings is 1. The third-order valence-corrected chi connectivity index (χ3v) is 7.28. The normalized spacial score (nSPS) is 26.0. The van der Waals surface area contributed by atoms with Gasteiger partial charge in [-0.15, -0.1) is 11.8 Å². The van der Waals surface area contributed by atoms with E-state index in [0.717, 1.165) is 69.1 Å². The number of likely N-dealkylation sites (tertiary alicyclic amines) is 1. The van der Waals surface area contributed by atoms with Gasteiger partial charge in [-0.3, -0.25) is 4.79 Å². The van der Waals surface area contributed by atoms with Crippen molar-refractivity contribution in [1.82, 2.24) is 4.90 Å². The molecule has 0 unspecified atom stereocenters. The first-order chi connectivity index (χ1) is 12.2. The monoisotopic (exact) mass is 361 g/mol. The summed E-state index contributed by atoms with van der Waals surface area (Å²) in [6, 6.07) is 7.87. The summed E-state index contributed by atoms with van der Waals surface area (Å²) in [5, 5.41) is 0. The van der Waals surface area contributed by atoms with Crippen LogP contribution in [-0.2, 0) is 9.47 Å². The molecule has 5 heteroatoms. The van der Waals surface area contributed by atoms with Crippen molar-refractivity contribution in [3.05, 3.63) is 35.4 Å². The van der Waals surface area contributed by atoms with Crippen LogP contribution in [0.25, 0.3) is 0 Å². The molecule has 136 valence electrons. The maximum Gasteiger partial charge on any atom is 0.254 e. The van der Waals surface area contributed by atoms with Gasteiger partial charge in [-0.1, -0.05) is 18.2 Å². The van der Waals surface area contributed by atoms with Crippen molar-refractivity contribution in [1.29, 1.82) is 0 Å². The van der Waals surface area contributed by atoms with Crippen LogP contribution in [0.2, 0.25) is 0 Å². The van der Waals surface area contributed by atoms with Crippen molar-refractivity contribution < 1.29 is 14.3 Å². The summed E-state index contributed by atoms with van der Waals surface area (Å²) in [6.45, 7) is 6.37. The summed E-state index contributed by atoms with van der Waals surface area (Å²) in [6.07, 6.45) is 3.69. The van der Waals surface area contributed by atoms with Crippen molar-refractivity contribution in [3.8, 4) is 0 Å². The van der Waals surface area contributed by atoms with E-state index in [1.807, 2.05) is 47.9 Å². The first-order valence-electron chi connectivity index (χ1n) is 9.33. The second-order valence-corrected chi connectivity index (χ2v) is 9.17. The molecule has 3 fully saturated rings. The van der Waals surface area contributed by atoms with Crippen LogP contribution in [-0.4, -0.2) is 60.3 Å². The second-order valence-electron chi connectivity index (χ2n) is 7.69. The van der Waals surface area contributed by atoms with Gasteiger partial charge in [0, 0.05) is 44.2 Å². The molecule has 1 amide bonds. The van der Waals surface area contributed by atoms with Crippen molar-refractivity contribution in [3.63, 3.8) is 0 Å². The van der Waals surface area contributed by atoms with E-state index in [1.54, 1.807) is 0 Å². The fraction of sp³-hybridized carbons (Fsp3) is 0.650. The van der Waals surface area contributed by atoms with E-state index in [0.29, 0.717) is 12.0 Å². The van der Waals surface area contributed by atoms with Crippen LogP contribution in [0.15, 0.2) is 24.3 Å². The number of hydrogen-bond acceptors (Lipinski definition) is 4. The summed E-state index contributed by atoms with van der Waals surface area (Å²) in [5.74, 6) is 1.90. The first kappa shape index (κ1) is 17.4. The smallest absolute Gasteiger partial charge is 0.254 e. The van der Waals surface area contributed by atoms with Crippen LogP contribution in [0, 0.1) is 12.8 Å². The molecule has 0 aliphatic carbocycles.